The minimum absolute atomic E-state index is 0.767. The number of rotatable bonds is 1. The number of hydrogen-bond donors (Lipinski definition) is 1. The molecule has 0 radical (unpaired) electrons. The average molecular weight is 262 g/mol. The second-order valence-corrected chi connectivity index (χ2v) is 4.06. The molecule has 1 aliphatic carbocycles. The summed E-state index contributed by atoms with van der Waals surface area (Å²) in [5.74, 6) is 0.767. The first-order valence-electron chi connectivity index (χ1n) is 3.67. The van der Waals surface area contributed by atoms with Gasteiger partial charge in [-0.2, -0.15) is 0 Å². The Bertz CT molecular complexity index is 283. The fourth-order valence-electron chi connectivity index (χ4n) is 1.20. The zero-order chi connectivity index (χ0) is 7.84. The third-order valence-corrected chi connectivity index (χ3v) is 2.85. The van der Waals surface area contributed by atoms with Crippen molar-refractivity contribution in [2.75, 3.05) is 0 Å². The summed E-state index contributed by atoms with van der Waals surface area (Å²) in [7, 11) is 0. The van der Waals surface area contributed by atoms with Gasteiger partial charge < -0.3 is 0 Å². The molecular weight excluding hydrogens is 253 g/mol. The van der Waals surface area contributed by atoms with Crippen molar-refractivity contribution in [1.29, 1.82) is 0 Å². The maximum atomic E-state index is 9.05. The molecule has 0 unspecified atom stereocenters. The van der Waals surface area contributed by atoms with Crippen molar-refractivity contribution in [2.24, 2.45) is 0 Å². The number of nitrogens with zero attached hydrogens (tertiary/aromatic N) is 1. The van der Waals surface area contributed by atoms with E-state index in [1.807, 2.05) is 6.07 Å². The molecule has 3 heteroatoms. The van der Waals surface area contributed by atoms with E-state index in [0.29, 0.717) is 0 Å². The summed E-state index contributed by atoms with van der Waals surface area (Å²) < 4.78 is 2.27. The van der Waals surface area contributed by atoms with E-state index in [-0.39, 0.29) is 0 Å². The lowest BCUT2D eigenvalue weighted by atomic mass is 10.2. The molecule has 1 N–H and O–H groups in total. The molecule has 1 fully saturated rings. The van der Waals surface area contributed by atoms with Gasteiger partial charge in [0, 0.05) is 10.8 Å². The molecule has 0 saturated heterocycles. The van der Waals surface area contributed by atoms with Crippen LogP contribution in [0.4, 0.5) is 0 Å². The van der Waals surface area contributed by atoms with E-state index < -0.39 is 0 Å². The van der Waals surface area contributed by atoms with Crippen molar-refractivity contribution in [3.63, 3.8) is 0 Å². The monoisotopic (exact) mass is 262 g/mol. The van der Waals surface area contributed by atoms with Crippen molar-refractivity contribution in [3.8, 4) is 0 Å². The molecule has 1 aliphatic rings. The third-order valence-electron chi connectivity index (χ3n) is 1.95. The number of halogens is 1. The smallest absolute Gasteiger partial charge is 0.235 e. The van der Waals surface area contributed by atoms with Crippen LogP contribution in [0.1, 0.15) is 24.3 Å². The highest BCUT2D eigenvalue weighted by Crippen LogP contribution is 2.41. The van der Waals surface area contributed by atoms with Crippen molar-refractivity contribution in [3.05, 3.63) is 27.6 Å². The number of pyridine rings is 1. The predicted octanol–water partition coefficient (Wildman–Crippen LogP) is 1.69. The van der Waals surface area contributed by atoms with E-state index in [1.54, 1.807) is 12.4 Å². The van der Waals surface area contributed by atoms with Gasteiger partial charge in [-0.1, -0.05) is 0 Å². The van der Waals surface area contributed by atoms with Crippen molar-refractivity contribution in [2.45, 2.75) is 18.8 Å². The molecule has 2 rings (SSSR count). The molecule has 0 spiro atoms. The molecule has 58 valence electrons. The Morgan fingerprint density at radius 3 is 2.82 bits per heavy atom. The van der Waals surface area contributed by atoms with Gasteiger partial charge in [0.05, 0.1) is 3.57 Å². The quantitative estimate of drug-likeness (QED) is 0.465. The Morgan fingerprint density at radius 2 is 2.27 bits per heavy atom. The van der Waals surface area contributed by atoms with Gasteiger partial charge in [-0.25, -0.2) is 0 Å². The van der Waals surface area contributed by atoms with Gasteiger partial charge in [0.15, 0.2) is 0 Å². The van der Waals surface area contributed by atoms with E-state index >= 15 is 0 Å². The van der Waals surface area contributed by atoms with Crippen molar-refractivity contribution >= 4 is 22.6 Å². The second kappa shape index (κ2) is 2.62. The third kappa shape index (κ3) is 1.47. The average Bonchev–Trinajstić information content (AvgIpc) is 2.70. The highest BCUT2D eigenvalue weighted by Gasteiger charge is 2.26. The first-order valence-corrected chi connectivity index (χ1v) is 4.75. The SMILES string of the molecule is O[n+]1ccc(C2CC2)c(I)c1. The van der Waals surface area contributed by atoms with Crippen LogP contribution in [0.2, 0.25) is 0 Å². The van der Waals surface area contributed by atoms with Gasteiger partial charge in [0.1, 0.15) is 0 Å². The largest absolute Gasteiger partial charge is 0.285 e. The highest BCUT2D eigenvalue weighted by atomic mass is 127. The van der Waals surface area contributed by atoms with Gasteiger partial charge >= 0.3 is 0 Å². The van der Waals surface area contributed by atoms with Crippen LogP contribution in [0, 0.1) is 3.57 Å². The summed E-state index contributed by atoms with van der Waals surface area (Å²) in [6, 6.07) is 2.00. The van der Waals surface area contributed by atoms with Gasteiger partial charge in [0.2, 0.25) is 12.4 Å². The maximum Gasteiger partial charge on any atom is 0.235 e. The summed E-state index contributed by atoms with van der Waals surface area (Å²) in [4.78, 5) is 0. The van der Waals surface area contributed by atoms with Crippen molar-refractivity contribution < 1.29 is 9.94 Å². The Kier molecular flexibility index (Phi) is 1.75. The van der Waals surface area contributed by atoms with Crippen LogP contribution in [0.5, 0.6) is 0 Å². The van der Waals surface area contributed by atoms with Crippen molar-refractivity contribution in [1.82, 2.24) is 0 Å². The van der Waals surface area contributed by atoms with Gasteiger partial charge in [-0.3, -0.25) is 5.21 Å². The lowest BCUT2D eigenvalue weighted by Gasteiger charge is -1.96. The Labute approximate surface area is 79.0 Å². The standard InChI is InChI=1S/C8H9INO/c9-8-5-10(11)4-3-7(8)6-1-2-6/h3-6,11H,1-2H2/q+1. The molecule has 1 aromatic heterocycles. The fourth-order valence-corrected chi connectivity index (χ4v) is 2.10. The van der Waals surface area contributed by atoms with Crippen LogP contribution < -0.4 is 4.73 Å². The second-order valence-electron chi connectivity index (χ2n) is 2.90. The molecule has 0 atom stereocenters. The van der Waals surface area contributed by atoms with Gasteiger partial charge in [-0.15, -0.1) is 0 Å². The molecule has 0 bridgehead atoms. The van der Waals surface area contributed by atoms with E-state index in [9.17, 15) is 0 Å². The van der Waals surface area contributed by atoms with Gasteiger partial charge in [-0.05, 0) is 46.9 Å². The molecule has 0 aliphatic heterocycles. The highest BCUT2D eigenvalue weighted by molar-refractivity contribution is 14.1. The topological polar surface area (TPSA) is 24.1 Å². The van der Waals surface area contributed by atoms with Crippen LogP contribution in [-0.2, 0) is 0 Å². The molecule has 0 aromatic carbocycles. The van der Waals surface area contributed by atoms with E-state index in [0.717, 1.165) is 14.2 Å². The predicted molar refractivity (Wildman–Crippen MR) is 48.5 cm³/mol. The normalized spacial score (nSPS) is 16.8. The minimum atomic E-state index is 0.767. The number of hydrogen-bond acceptors (Lipinski definition) is 1. The number of aromatic nitrogens is 1. The molecule has 0 amide bonds. The summed E-state index contributed by atoms with van der Waals surface area (Å²) in [5.41, 5.74) is 1.39. The van der Waals surface area contributed by atoms with E-state index in [1.165, 1.54) is 18.4 Å². The van der Waals surface area contributed by atoms with Crippen LogP contribution in [0.3, 0.4) is 0 Å². The maximum absolute atomic E-state index is 9.05. The minimum Gasteiger partial charge on any atom is -0.285 e. The Hall–Kier alpha value is -0.320. The van der Waals surface area contributed by atoms with Crippen LogP contribution >= 0.6 is 22.6 Å². The van der Waals surface area contributed by atoms with Crippen LogP contribution in [0.25, 0.3) is 0 Å². The Morgan fingerprint density at radius 1 is 1.55 bits per heavy atom. The lowest BCUT2D eigenvalue weighted by molar-refractivity contribution is -0.905. The summed E-state index contributed by atoms with van der Waals surface area (Å²) in [5, 5.41) is 9.05. The van der Waals surface area contributed by atoms with E-state index in [4.69, 9.17) is 5.21 Å². The molecule has 2 nitrogen and oxygen atoms in total. The summed E-state index contributed by atoms with van der Waals surface area (Å²) in [6.07, 6.45) is 6.06. The summed E-state index contributed by atoms with van der Waals surface area (Å²) >= 11 is 2.26. The summed E-state index contributed by atoms with van der Waals surface area (Å²) in [6.45, 7) is 0. The Balaban J connectivity index is 2.39. The lowest BCUT2D eigenvalue weighted by Crippen LogP contribution is -2.29. The first kappa shape index (κ1) is 7.34. The molecule has 11 heavy (non-hydrogen) atoms. The molecular formula is C8H9INO+. The molecule has 1 saturated carbocycles. The van der Waals surface area contributed by atoms with Crippen LogP contribution in [-0.4, -0.2) is 5.21 Å². The van der Waals surface area contributed by atoms with E-state index in [2.05, 4.69) is 22.6 Å². The fraction of sp³-hybridized carbons (Fsp3) is 0.375. The van der Waals surface area contributed by atoms with Crippen LogP contribution in [0.15, 0.2) is 18.5 Å². The first-order chi connectivity index (χ1) is 5.27. The molecule has 1 aromatic rings. The molecule has 1 heterocycles. The van der Waals surface area contributed by atoms with Gasteiger partial charge in [0.25, 0.3) is 0 Å². The zero-order valence-electron chi connectivity index (χ0n) is 6.00. The zero-order valence-corrected chi connectivity index (χ0v) is 8.15.